The van der Waals surface area contributed by atoms with Crippen molar-refractivity contribution in [2.75, 3.05) is 0 Å². The lowest BCUT2D eigenvalue weighted by molar-refractivity contribution is 0.960. The van der Waals surface area contributed by atoms with Gasteiger partial charge in [0, 0.05) is 65.6 Å². The molecule has 17 aromatic rings. The van der Waals surface area contributed by atoms with Crippen LogP contribution in [0.5, 0.6) is 0 Å². The van der Waals surface area contributed by atoms with E-state index in [0.717, 1.165) is 126 Å². The number of aryl methyl sites for hydroxylation is 3. The van der Waals surface area contributed by atoms with Gasteiger partial charge in [-0.15, -0.1) is 0 Å². The second-order valence-corrected chi connectivity index (χ2v) is 22.4. The minimum Gasteiger partial charge on any atom is -0.309 e. The van der Waals surface area contributed by atoms with Crippen molar-refractivity contribution in [3.63, 3.8) is 0 Å². The fourth-order valence-electron chi connectivity index (χ4n) is 13.7. The Hall–Kier alpha value is -11.3. The third-order valence-corrected chi connectivity index (χ3v) is 17.3. The number of hydrogen-bond donors (Lipinski definition) is 0. The Labute approximate surface area is 494 Å². The van der Waals surface area contributed by atoms with Crippen LogP contribution in [0.1, 0.15) is 16.7 Å². The van der Waals surface area contributed by atoms with Crippen LogP contribution in [-0.2, 0) is 0 Å². The lowest BCUT2D eigenvalue weighted by Crippen LogP contribution is -2.59. The number of rotatable bonds is 9. The molecule has 0 aliphatic rings. The first-order valence-electron chi connectivity index (χ1n) is 29.2. The van der Waals surface area contributed by atoms with Gasteiger partial charge in [-0.25, -0.2) is 19.9 Å². The predicted octanol–water partition coefficient (Wildman–Crippen LogP) is 15.2. The predicted molar refractivity (Wildman–Crippen MR) is 353 cm³/mol. The largest absolute Gasteiger partial charge is 0.338 e. The molecule has 0 saturated carbocycles. The molecule has 0 fully saturated rings. The lowest BCUT2D eigenvalue weighted by atomic mass is 9.41. The van der Waals surface area contributed by atoms with E-state index in [4.69, 9.17) is 29.9 Å². The van der Waals surface area contributed by atoms with Gasteiger partial charge in [-0.05, 0) is 87.5 Å². The summed E-state index contributed by atoms with van der Waals surface area (Å²) >= 11 is 0. The van der Waals surface area contributed by atoms with Crippen molar-refractivity contribution in [1.82, 2.24) is 48.2 Å². The van der Waals surface area contributed by atoms with Crippen LogP contribution in [0, 0.1) is 20.8 Å². The topological polar surface area (TPSA) is 97.1 Å². The second kappa shape index (κ2) is 19.4. The molecule has 0 bridgehead atoms. The van der Waals surface area contributed by atoms with Gasteiger partial charge in [0.05, 0.1) is 44.1 Å². The Balaban J connectivity index is 0.983. The Morgan fingerprint density at radius 3 is 1.23 bits per heavy atom. The number of fused-ring (bicyclic) bond motifs is 13. The molecule has 0 unspecified atom stereocenters. The zero-order chi connectivity index (χ0) is 57.1. The molecule has 0 spiro atoms. The molecule has 11 heteroatoms. The maximum absolute atomic E-state index is 5.82. The van der Waals surface area contributed by atoms with Crippen molar-refractivity contribution in [2.45, 2.75) is 20.8 Å². The van der Waals surface area contributed by atoms with Crippen LogP contribution in [0.2, 0.25) is 0 Å². The summed E-state index contributed by atoms with van der Waals surface area (Å²) in [4.78, 5) is 33.9. The van der Waals surface area contributed by atoms with E-state index in [1.807, 2.05) is 36.4 Å². The van der Waals surface area contributed by atoms with Crippen molar-refractivity contribution >= 4 is 111 Å². The Kier molecular flexibility index (Phi) is 11.1. The zero-order valence-electron chi connectivity index (χ0n) is 47.3. The van der Waals surface area contributed by atoms with Crippen molar-refractivity contribution < 1.29 is 0 Å². The number of nitrogens with zero attached hydrogens (tertiary/aromatic N) is 10. The first kappa shape index (κ1) is 49.3. The van der Waals surface area contributed by atoms with Crippen molar-refractivity contribution in [3.05, 3.63) is 271 Å². The summed E-state index contributed by atoms with van der Waals surface area (Å²) in [6.07, 6.45) is 0. The van der Waals surface area contributed by atoms with E-state index in [2.05, 4.69) is 257 Å². The highest BCUT2D eigenvalue weighted by atomic mass is 15.2. The minimum atomic E-state index is -0.725. The van der Waals surface area contributed by atoms with Crippen molar-refractivity contribution in [1.29, 1.82) is 0 Å². The van der Waals surface area contributed by atoms with Crippen LogP contribution in [0.25, 0.3) is 133 Å². The second-order valence-electron chi connectivity index (χ2n) is 22.4. The standard InChI is InChI=1S/C75H51BN10/c1-46-42-47(2)68(48(3)43-46)76(72-77-70(49-24-8-4-9-25-49)79-74(81-72)85-61-37-21-18-34-55(61)59-44-58-54-33-17-20-36-60(54)84(65(58)45-66(59)85)52-30-14-7-15-31-52)73-78-71(50-26-10-5-11-27-50)80-75(82-73)86-62-38-22-16-32-53(62)56-40-41-64-67(69(56)86)57-35-19-23-39-63(57)83(64)51-28-12-6-13-29-51/h4-45H,1-3H3. The van der Waals surface area contributed by atoms with Crippen molar-refractivity contribution in [3.8, 4) is 46.0 Å². The highest BCUT2D eigenvalue weighted by Crippen LogP contribution is 2.43. The molecular weight excluding hydrogens is 1050 g/mol. The van der Waals surface area contributed by atoms with Crippen LogP contribution < -0.4 is 16.9 Å². The average molecular weight is 1100 g/mol. The van der Waals surface area contributed by atoms with Crippen molar-refractivity contribution in [2.24, 2.45) is 0 Å². The summed E-state index contributed by atoms with van der Waals surface area (Å²) in [6, 6.07) is 89.9. The van der Waals surface area contributed by atoms with E-state index in [9.17, 15) is 0 Å². The first-order chi connectivity index (χ1) is 42.4. The van der Waals surface area contributed by atoms with Crippen LogP contribution in [0.3, 0.4) is 0 Å². The molecule has 11 aromatic carbocycles. The fourth-order valence-corrected chi connectivity index (χ4v) is 13.7. The van der Waals surface area contributed by atoms with E-state index >= 15 is 0 Å². The smallest absolute Gasteiger partial charge is 0.309 e. The summed E-state index contributed by atoms with van der Waals surface area (Å²) in [5.74, 6) is 2.02. The van der Waals surface area contributed by atoms with E-state index in [-0.39, 0.29) is 0 Å². The number of para-hydroxylation sites is 6. The van der Waals surface area contributed by atoms with Gasteiger partial charge in [0.15, 0.2) is 11.6 Å². The zero-order valence-corrected chi connectivity index (χ0v) is 47.3. The van der Waals surface area contributed by atoms with E-state index in [1.165, 1.54) is 5.39 Å². The number of benzene rings is 11. The van der Waals surface area contributed by atoms with Gasteiger partial charge < -0.3 is 9.13 Å². The summed E-state index contributed by atoms with van der Waals surface area (Å²) in [7, 11) is 0. The lowest BCUT2D eigenvalue weighted by Gasteiger charge is -2.20. The Morgan fingerprint density at radius 2 is 0.698 bits per heavy atom. The first-order valence-corrected chi connectivity index (χ1v) is 29.2. The highest BCUT2D eigenvalue weighted by molar-refractivity contribution is 6.94. The van der Waals surface area contributed by atoms with Crippen LogP contribution in [0.15, 0.2) is 255 Å². The van der Waals surface area contributed by atoms with Gasteiger partial charge in [-0.2, -0.15) is 9.97 Å². The molecule has 10 nitrogen and oxygen atoms in total. The summed E-state index contributed by atoms with van der Waals surface area (Å²) in [5, 5.41) is 8.94. The Morgan fingerprint density at radius 1 is 0.291 bits per heavy atom. The molecule has 0 N–H and O–H groups in total. The van der Waals surface area contributed by atoms with Gasteiger partial charge >= 0.3 is 6.71 Å². The van der Waals surface area contributed by atoms with E-state index in [0.29, 0.717) is 35.0 Å². The normalized spacial score (nSPS) is 11.9. The maximum Gasteiger partial charge on any atom is 0.338 e. The average Bonchev–Trinajstić information content (AvgIpc) is 1.63. The summed E-state index contributed by atoms with van der Waals surface area (Å²) in [6.45, 7) is 5.78. The molecule has 0 aliphatic heterocycles. The third-order valence-electron chi connectivity index (χ3n) is 17.3. The molecule has 17 rings (SSSR count). The van der Waals surface area contributed by atoms with E-state index < -0.39 is 6.71 Å². The third kappa shape index (κ3) is 7.61. The number of aromatic nitrogens is 10. The minimum absolute atomic E-state index is 0.478. The van der Waals surface area contributed by atoms with Crippen LogP contribution in [0.4, 0.5) is 0 Å². The molecule has 404 valence electrons. The molecule has 6 heterocycles. The molecule has 0 amide bonds. The number of hydrogen-bond acceptors (Lipinski definition) is 6. The fraction of sp³-hybridized carbons (Fsp3) is 0.0400. The molecule has 0 atom stereocenters. The molecule has 0 saturated heterocycles. The highest BCUT2D eigenvalue weighted by Gasteiger charge is 2.36. The van der Waals surface area contributed by atoms with Gasteiger partial charge in [-0.1, -0.05) is 210 Å². The monoisotopic (exact) mass is 1100 g/mol. The molecule has 86 heavy (non-hydrogen) atoms. The van der Waals surface area contributed by atoms with Gasteiger partial charge in [-0.3, -0.25) is 9.13 Å². The van der Waals surface area contributed by atoms with Crippen LogP contribution >= 0.6 is 0 Å². The van der Waals surface area contributed by atoms with Gasteiger partial charge in [0.25, 0.3) is 0 Å². The summed E-state index contributed by atoms with van der Waals surface area (Å²) in [5.41, 5.74) is 17.5. The SMILES string of the molecule is Cc1cc(C)c(B(c2nc(-c3ccccc3)nc(-n3c4ccccc4c4cc5c6ccccc6n(-c6ccccc6)c5cc43)n2)c2nc(-c3ccccc3)nc(-n3c4ccccc4c4ccc5c(c6ccccc6n5-c5ccccc5)c43)n2)c(C)c1. The Bertz CT molecular complexity index is 5550. The maximum atomic E-state index is 5.82. The van der Waals surface area contributed by atoms with E-state index in [1.54, 1.807) is 0 Å². The summed E-state index contributed by atoms with van der Waals surface area (Å²) < 4.78 is 9.22. The molecular formula is C75H51BN10. The quantitative estimate of drug-likeness (QED) is 0.134. The molecule has 0 aliphatic carbocycles. The van der Waals surface area contributed by atoms with Crippen LogP contribution in [-0.4, -0.2) is 54.9 Å². The van der Waals surface area contributed by atoms with Gasteiger partial charge in [0.2, 0.25) is 11.9 Å². The molecule has 6 aromatic heterocycles. The molecule has 0 radical (unpaired) electrons. The van der Waals surface area contributed by atoms with Gasteiger partial charge in [0.1, 0.15) is 11.4 Å².